The van der Waals surface area contributed by atoms with Crippen LogP contribution in [0.5, 0.6) is 0 Å². The minimum absolute atomic E-state index is 0.711. The molecule has 0 amide bonds. The average Bonchev–Trinajstić information content (AvgIpc) is 3.65. The summed E-state index contributed by atoms with van der Waals surface area (Å²) in [7, 11) is 0. The van der Waals surface area contributed by atoms with Crippen LogP contribution in [0.1, 0.15) is 23.1 Å². The number of allylic oxidation sites excluding steroid dienone is 6. The molecule has 1 aliphatic carbocycles. The van der Waals surface area contributed by atoms with Crippen molar-refractivity contribution in [1.29, 1.82) is 0 Å². The molecular weight excluding hydrogens is 811 g/mol. The Morgan fingerprint density at radius 3 is 1.19 bits per heavy atom. The molecule has 7 aromatic carbocycles. The van der Waals surface area contributed by atoms with Crippen molar-refractivity contribution in [2.24, 2.45) is 0 Å². The van der Waals surface area contributed by atoms with Gasteiger partial charge in [-0.15, -0.1) is 0 Å². The van der Waals surface area contributed by atoms with E-state index in [1.807, 2.05) is 30.6 Å². The molecule has 67 heavy (non-hydrogen) atoms. The molecule has 0 fully saturated rings. The molecule has 10 aromatic rings. The largest absolute Gasteiger partial charge is 0.256 e. The highest BCUT2D eigenvalue weighted by molar-refractivity contribution is 6.02. The van der Waals surface area contributed by atoms with Crippen LogP contribution in [0, 0.1) is 0 Å². The van der Waals surface area contributed by atoms with E-state index in [-0.39, 0.29) is 0 Å². The van der Waals surface area contributed by atoms with Crippen LogP contribution >= 0.6 is 0 Å². The van der Waals surface area contributed by atoms with Crippen molar-refractivity contribution in [2.45, 2.75) is 6.42 Å². The smallest absolute Gasteiger partial charge is 0.0708 e. The van der Waals surface area contributed by atoms with Gasteiger partial charge in [-0.3, -0.25) is 15.0 Å². The molecule has 0 saturated heterocycles. The van der Waals surface area contributed by atoms with Crippen molar-refractivity contribution in [1.82, 2.24) is 15.0 Å². The minimum atomic E-state index is 0.711. The van der Waals surface area contributed by atoms with E-state index >= 15 is 0 Å². The van der Waals surface area contributed by atoms with Crippen LogP contribution in [0.25, 0.3) is 95.0 Å². The standard InChI is InChI=1S/C64H45N3/c1-5-19-45(20-6-1)60-41-64(48-25-11-4-12-26-48)67-44-61(60)59-32-18-17-28-55(59)50-34-33-49(54-27-13-14-29-56(54)51-35-37-62(65-42-51)46-21-7-2-8-22-46)39-53(40-50)58-31-16-15-30-57(58)52-36-38-63(66-43-52)47-23-9-3-10-24-47/h1-32,34-44H,33H2. The summed E-state index contributed by atoms with van der Waals surface area (Å²) in [6, 6.07) is 78.9. The van der Waals surface area contributed by atoms with Gasteiger partial charge in [-0.05, 0) is 91.9 Å². The zero-order valence-electron chi connectivity index (χ0n) is 36.9. The molecule has 3 aromatic heterocycles. The Morgan fingerprint density at radius 2 is 0.672 bits per heavy atom. The van der Waals surface area contributed by atoms with Crippen molar-refractivity contribution in [3.63, 3.8) is 0 Å². The molecule has 316 valence electrons. The van der Waals surface area contributed by atoms with Gasteiger partial charge in [0.25, 0.3) is 0 Å². The number of hydrogen-bond donors (Lipinski definition) is 0. The van der Waals surface area contributed by atoms with Crippen molar-refractivity contribution >= 4 is 16.7 Å². The van der Waals surface area contributed by atoms with Gasteiger partial charge in [0.15, 0.2) is 0 Å². The van der Waals surface area contributed by atoms with Crippen molar-refractivity contribution in [2.75, 3.05) is 0 Å². The second kappa shape index (κ2) is 18.7. The van der Waals surface area contributed by atoms with Gasteiger partial charge in [-0.25, -0.2) is 0 Å². The van der Waals surface area contributed by atoms with Crippen molar-refractivity contribution in [3.8, 4) is 78.3 Å². The summed E-state index contributed by atoms with van der Waals surface area (Å²) < 4.78 is 0. The third-order valence-corrected chi connectivity index (χ3v) is 12.6. The fourth-order valence-corrected chi connectivity index (χ4v) is 9.20. The Labute approximate surface area is 392 Å². The van der Waals surface area contributed by atoms with Gasteiger partial charge in [0.05, 0.1) is 17.1 Å². The maximum absolute atomic E-state index is 5.11. The summed E-state index contributed by atoms with van der Waals surface area (Å²) in [5.41, 5.74) is 21.9. The molecule has 1 aliphatic rings. The maximum atomic E-state index is 5.11. The lowest BCUT2D eigenvalue weighted by atomic mass is 9.88. The van der Waals surface area contributed by atoms with E-state index in [0.29, 0.717) is 6.42 Å². The molecule has 0 N–H and O–H groups in total. The third kappa shape index (κ3) is 8.62. The fraction of sp³-hybridized carbons (Fsp3) is 0.0156. The van der Waals surface area contributed by atoms with Gasteiger partial charge in [-0.2, -0.15) is 0 Å². The first-order valence-corrected chi connectivity index (χ1v) is 22.8. The minimum Gasteiger partial charge on any atom is -0.256 e. The molecule has 0 atom stereocenters. The normalized spacial score (nSPS) is 12.4. The predicted octanol–water partition coefficient (Wildman–Crippen LogP) is 16.5. The van der Waals surface area contributed by atoms with Gasteiger partial charge in [0.2, 0.25) is 0 Å². The summed E-state index contributed by atoms with van der Waals surface area (Å²) in [5.74, 6) is 0. The zero-order chi connectivity index (χ0) is 44.8. The third-order valence-electron chi connectivity index (χ3n) is 12.6. The van der Waals surface area contributed by atoms with Gasteiger partial charge in [0.1, 0.15) is 0 Å². The summed E-state index contributed by atoms with van der Waals surface area (Å²) >= 11 is 0. The Bertz CT molecular complexity index is 3430. The van der Waals surface area contributed by atoms with Gasteiger partial charge in [0, 0.05) is 52.0 Å². The van der Waals surface area contributed by atoms with Gasteiger partial charge in [-0.1, -0.05) is 218 Å². The highest BCUT2D eigenvalue weighted by Gasteiger charge is 2.20. The monoisotopic (exact) mass is 855 g/mol. The zero-order valence-corrected chi connectivity index (χ0v) is 36.9. The maximum Gasteiger partial charge on any atom is 0.0708 e. The SMILES string of the molecule is C1=C(c2ccccc2-c2ccc(-c3ccccc3)nc2)C=C(c2ccccc2-c2ccc(-c3ccccc3)nc2)CC=C1c1ccccc1-c1cnc(-c2ccccc2)cc1-c1ccccc1. The first-order chi connectivity index (χ1) is 33.2. The molecular formula is C64H45N3. The quantitative estimate of drug-likeness (QED) is 0.138. The van der Waals surface area contributed by atoms with Crippen LogP contribution in [0.3, 0.4) is 0 Å². The number of pyridine rings is 3. The van der Waals surface area contributed by atoms with Crippen LogP contribution in [0.15, 0.2) is 261 Å². The first kappa shape index (κ1) is 40.9. The molecule has 0 unspecified atom stereocenters. The molecule has 3 nitrogen and oxygen atoms in total. The van der Waals surface area contributed by atoms with Crippen LogP contribution in [-0.2, 0) is 0 Å². The second-order valence-corrected chi connectivity index (χ2v) is 16.7. The number of hydrogen-bond acceptors (Lipinski definition) is 3. The summed E-state index contributed by atoms with van der Waals surface area (Å²) in [6.45, 7) is 0. The molecule has 3 heteroatoms. The van der Waals surface area contributed by atoms with Crippen LogP contribution in [-0.4, -0.2) is 15.0 Å². The van der Waals surface area contributed by atoms with E-state index in [0.717, 1.165) is 101 Å². The van der Waals surface area contributed by atoms with Crippen molar-refractivity contribution < 1.29 is 0 Å². The molecule has 0 aliphatic heterocycles. The lowest BCUT2D eigenvalue weighted by molar-refractivity contribution is 1.32. The number of rotatable bonds is 10. The molecule has 0 saturated carbocycles. The molecule has 0 radical (unpaired) electrons. The van der Waals surface area contributed by atoms with Crippen LogP contribution in [0.2, 0.25) is 0 Å². The summed E-state index contributed by atoms with van der Waals surface area (Å²) in [5, 5.41) is 0. The first-order valence-electron chi connectivity index (χ1n) is 22.8. The van der Waals surface area contributed by atoms with E-state index in [9.17, 15) is 0 Å². The average molecular weight is 856 g/mol. The molecule has 0 spiro atoms. The van der Waals surface area contributed by atoms with Crippen molar-refractivity contribution in [3.05, 3.63) is 278 Å². The Balaban J connectivity index is 1.06. The molecule has 0 bridgehead atoms. The van der Waals surface area contributed by atoms with E-state index in [2.05, 4.69) is 231 Å². The summed E-state index contributed by atoms with van der Waals surface area (Å²) in [6.07, 6.45) is 14.0. The van der Waals surface area contributed by atoms with Crippen LogP contribution < -0.4 is 0 Å². The number of nitrogens with zero attached hydrogens (tertiary/aromatic N) is 3. The van der Waals surface area contributed by atoms with E-state index in [4.69, 9.17) is 15.0 Å². The van der Waals surface area contributed by atoms with E-state index < -0.39 is 0 Å². The number of aromatic nitrogens is 3. The summed E-state index contributed by atoms with van der Waals surface area (Å²) in [4.78, 5) is 15.0. The predicted molar refractivity (Wildman–Crippen MR) is 279 cm³/mol. The number of benzene rings is 7. The Hall–Kier alpha value is -8.79. The van der Waals surface area contributed by atoms with Gasteiger partial charge >= 0.3 is 0 Å². The van der Waals surface area contributed by atoms with E-state index in [1.165, 1.54) is 11.1 Å². The van der Waals surface area contributed by atoms with Gasteiger partial charge < -0.3 is 0 Å². The highest BCUT2D eigenvalue weighted by atomic mass is 14.7. The molecule has 11 rings (SSSR count). The Kier molecular flexibility index (Phi) is 11.5. The topological polar surface area (TPSA) is 38.7 Å². The lowest BCUT2D eigenvalue weighted by Gasteiger charge is -2.17. The van der Waals surface area contributed by atoms with Crippen LogP contribution in [0.4, 0.5) is 0 Å². The second-order valence-electron chi connectivity index (χ2n) is 16.7. The Morgan fingerprint density at radius 1 is 0.254 bits per heavy atom. The highest BCUT2D eigenvalue weighted by Crippen LogP contribution is 2.43. The molecule has 3 heterocycles. The lowest BCUT2D eigenvalue weighted by Crippen LogP contribution is -1.95. The van der Waals surface area contributed by atoms with E-state index in [1.54, 1.807) is 0 Å². The fourth-order valence-electron chi connectivity index (χ4n) is 9.20.